The highest BCUT2D eigenvalue weighted by atomic mass is 16.5. The van der Waals surface area contributed by atoms with E-state index < -0.39 is 5.97 Å². The number of carboxylic acid groups (broad SMARTS) is 1. The Morgan fingerprint density at radius 1 is 0.840 bits per heavy atom. The Labute approximate surface area is 155 Å². The molecule has 0 spiro atoms. The van der Waals surface area contributed by atoms with E-state index in [1.165, 1.54) is 64.2 Å². The molecule has 0 heterocycles. The Balaban J connectivity index is 3.67. The fraction of sp³-hybridized carbons (Fsp3) is 0.952. The maximum atomic E-state index is 10.8. The van der Waals surface area contributed by atoms with Gasteiger partial charge in [0.2, 0.25) is 0 Å². The standard InChI is InChI=1S/C21H42O4/c1-4-6-7-8-9-10-11-12-13-14-15-16-19(25-5-2)17-20(24-3)18-21(22)23/h19-20H,4-18H2,1-3H3,(H,22,23). The van der Waals surface area contributed by atoms with Crippen molar-refractivity contribution in [1.29, 1.82) is 0 Å². The minimum absolute atomic E-state index is 0.0539. The maximum absolute atomic E-state index is 10.8. The summed E-state index contributed by atoms with van der Waals surface area (Å²) >= 11 is 0. The third-order valence-electron chi connectivity index (χ3n) is 4.79. The summed E-state index contributed by atoms with van der Waals surface area (Å²) in [6, 6.07) is 0. The molecule has 0 aromatic rings. The monoisotopic (exact) mass is 358 g/mol. The molecule has 0 amide bonds. The molecule has 150 valence electrons. The molecule has 0 aliphatic rings. The smallest absolute Gasteiger partial charge is 0.305 e. The lowest BCUT2D eigenvalue weighted by molar-refractivity contribution is -0.140. The summed E-state index contributed by atoms with van der Waals surface area (Å²) in [5.74, 6) is -0.809. The van der Waals surface area contributed by atoms with Crippen LogP contribution in [0.15, 0.2) is 0 Å². The first-order valence-corrected chi connectivity index (χ1v) is 10.5. The van der Waals surface area contributed by atoms with Gasteiger partial charge in [0.05, 0.1) is 18.6 Å². The Kier molecular flexibility index (Phi) is 17.7. The van der Waals surface area contributed by atoms with Gasteiger partial charge >= 0.3 is 5.97 Å². The number of unbranched alkanes of at least 4 members (excludes halogenated alkanes) is 10. The molecule has 0 rings (SSSR count). The highest BCUT2D eigenvalue weighted by Crippen LogP contribution is 2.17. The van der Waals surface area contributed by atoms with Crippen LogP contribution in [0.3, 0.4) is 0 Å². The Morgan fingerprint density at radius 2 is 1.36 bits per heavy atom. The largest absolute Gasteiger partial charge is 0.481 e. The number of hydrogen-bond donors (Lipinski definition) is 1. The van der Waals surface area contributed by atoms with Crippen LogP contribution in [0.4, 0.5) is 0 Å². The van der Waals surface area contributed by atoms with Gasteiger partial charge in [0.25, 0.3) is 0 Å². The van der Waals surface area contributed by atoms with Crippen molar-refractivity contribution in [2.24, 2.45) is 0 Å². The van der Waals surface area contributed by atoms with Gasteiger partial charge in [-0.05, 0) is 13.3 Å². The molecule has 0 aromatic carbocycles. The van der Waals surface area contributed by atoms with Crippen LogP contribution in [0.5, 0.6) is 0 Å². The molecular weight excluding hydrogens is 316 g/mol. The van der Waals surface area contributed by atoms with Crippen LogP contribution in [0.1, 0.15) is 104 Å². The topological polar surface area (TPSA) is 55.8 Å². The van der Waals surface area contributed by atoms with E-state index in [9.17, 15) is 4.79 Å². The summed E-state index contributed by atoms with van der Waals surface area (Å²) in [6.07, 6.45) is 16.3. The van der Waals surface area contributed by atoms with Crippen molar-refractivity contribution >= 4 is 5.97 Å². The molecule has 4 heteroatoms. The molecule has 0 aromatic heterocycles. The number of carbonyl (C=O) groups is 1. The van der Waals surface area contributed by atoms with Gasteiger partial charge < -0.3 is 14.6 Å². The molecule has 4 nitrogen and oxygen atoms in total. The molecule has 2 atom stereocenters. The molecule has 0 fully saturated rings. The van der Waals surface area contributed by atoms with Gasteiger partial charge in [-0.15, -0.1) is 0 Å². The Morgan fingerprint density at radius 3 is 1.80 bits per heavy atom. The van der Waals surface area contributed by atoms with E-state index in [0.717, 1.165) is 12.8 Å². The molecule has 25 heavy (non-hydrogen) atoms. The summed E-state index contributed by atoms with van der Waals surface area (Å²) < 4.78 is 11.1. The molecule has 2 unspecified atom stereocenters. The van der Waals surface area contributed by atoms with Gasteiger partial charge in [0.1, 0.15) is 0 Å². The fourth-order valence-electron chi connectivity index (χ4n) is 3.29. The predicted octanol–water partition coefficient (Wildman–Crippen LogP) is 5.97. The number of rotatable bonds is 19. The summed E-state index contributed by atoms with van der Waals surface area (Å²) in [5.41, 5.74) is 0. The summed E-state index contributed by atoms with van der Waals surface area (Å²) in [7, 11) is 1.58. The van der Waals surface area contributed by atoms with Gasteiger partial charge in [-0.3, -0.25) is 4.79 Å². The molecule has 0 saturated carbocycles. The van der Waals surface area contributed by atoms with Crippen molar-refractivity contribution in [2.75, 3.05) is 13.7 Å². The van der Waals surface area contributed by atoms with Crippen LogP contribution in [0.25, 0.3) is 0 Å². The third kappa shape index (κ3) is 16.6. The molecule has 0 radical (unpaired) electrons. The van der Waals surface area contributed by atoms with E-state index in [-0.39, 0.29) is 18.6 Å². The van der Waals surface area contributed by atoms with Crippen molar-refractivity contribution in [3.63, 3.8) is 0 Å². The van der Waals surface area contributed by atoms with Gasteiger partial charge in [-0.1, -0.05) is 77.6 Å². The number of ether oxygens (including phenoxy) is 2. The number of methoxy groups -OCH3 is 1. The quantitative estimate of drug-likeness (QED) is 0.289. The molecule has 1 N–H and O–H groups in total. The van der Waals surface area contributed by atoms with Crippen LogP contribution in [0, 0.1) is 0 Å². The summed E-state index contributed by atoms with van der Waals surface area (Å²) in [6.45, 7) is 4.93. The fourth-order valence-corrected chi connectivity index (χ4v) is 3.29. The lowest BCUT2D eigenvalue weighted by Crippen LogP contribution is -2.25. The van der Waals surface area contributed by atoms with E-state index in [1.54, 1.807) is 7.11 Å². The van der Waals surface area contributed by atoms with Crippen molar-refractivity contribution in [3.05, 3.63) is 0 Å². The molecule has 0 aliphatic heterocycles. The Hall–Kier alpha value is -0.610. The van der Waals surface area contributed by atoms with Crippen molar-refractivity contribution < 1.29 is 19.4 Å². The normalized spacial score (nSPS) is 13.7. The first kappa shape index (κ1) is 24.4. The lowest BCUT2D eigenvalue weighted by Gasteiger charge is -2.21. The average Bonchev–Trinajstić information content (AvgIpc) is 2.58. The zero-order chi connectivity index (χ0) is 18.8. The van der Waals surface area contributed by atoms with Gasteiger partial charge in [-0.25, -0.2) is 0 Å². The average molecular weight is 359 g/mol. The molecule has 0 aliphatic carbocycles. The van der Waals surface area contributed by atoms with Crippen LogP contribution in [0.2, 0.25) is 0 Å². The SMILES string of the molecule is CCCCCCCCCCCCCC(CC(CC(=O)O)OC)OCC. The van der Waals surface area contributed by atoms with Gasteiger partial charge in [0.15, 0.2) is 0 Å². The van der Waals surface area contributed by atoms with E-state index in [2.05, 4.69) is 6.92 Å². The minimum Gasteiger partial charge on any atom is -0.481 e. The second-order valence-electron chi connectivity index (χ2n) is 7.09. The lowest BCUT2D eigenvalue weighted by atomic mass is 10.0. The maximum Gasteiger partial charge on any atom is 0.305 e. The predicted molar refractivity (Wildman–Crippen MR) is 104 cm³/mol. The van der Waals surface area contributed by atoms with Crippen molar-refractivity contribution in [2.45, 2.75) is 116 Å². The van der Waals surface area contributed by atoms with Crippen LogP contribution in [-0.4, -0.2) is 37.0 Å². The zero-order valence-corrected chi connectivity index (χ0v) is 16.9. The molecule has 0 saturated heterocycles. The first-order valence-electron chi connectivity index (χ1n) is 10.5. The van der Waals surface area contributed by atoms with E-state index in [4.69, 9.17) is 14.6 Å². The highest BCUT2D eigenvalue weighted by molar-refractivity contribution is 5.67. The third-order valence-corrected chi connectivity index (χ3v) is 4.79. The van der Waals surface area contributed by atoms with Gasteiger partial charge in [0, 0.05) is 20.1 Å². The van der Waals surface area contributed by atoms with Crippen LogP contribution < -0.4 is 0 Å². The van der Waals surface area contributed by atoms with E-state index >= 15 is 0 Å². The first-order chi connectivity index (χ1) is 12.1. The van der Waals surface area contributed by atoms with E-state index in [0.29, 0.717) is 13.0 Å². The summed E-state index contributed by atoms with van der Waals surface area (Å²) in [5, 5.41) is 8.91. The zero-order valence-electron chi connectivity index (χ0n) is 16.9. The second-order valence-corrected chi connectivity index (χ2v) is 7.09. The second kappa shape index (κ2) is 18.2. The number of aliphatic carboxylic acids is 1. The minimum atomic E-state index is -0.809. The highest BCUT2D eigenvalue weighted by Gasteiger charge is 2.18. The van der Waals surface area contributed by atoms with Crippen LogP contribution >= 0.6 is 0 Å². The van der Waals surface area contributed by atoms with Crippen molar-refractivity contribution in [1.82, 2.24) is 0 Å². The molecular formula is C21H42O4. The van der Waals surface area contributed by atoms with Crippen LogP contribution in [-0.2, 0) is 14.3 Å². The Bertz CT molecular complexity index is 294. The number of hydrogen-bond acceptors (Lipinski definition) is 3. The van der Waals surface area contributed by atoms with E-state index in [1.807, 2.05) is 6.92 Å². The molecule has 0 bridgehead atoms. The van der Waals surface area contributed by atoms with Crippen molar-refractivity contribution in [3.8, 4) is 0 Å². The summed E-state index contributed by atoms with van der Waals surface area (Å²) in [4.78, 5) is 10.8. The number of carboxylic acids is 1. The van der Waals surface area contributed by atoms with Gasteiger partial charge in [-0.2, -0.15) is 0 Å².